The van der Waals surface area contributed by atoms with Crippen LogP contribution in [0.5, 0.6) is 0 Å². The van der Waals surface area contributed by atoms with Gasteiger partial charge in [0.1, 0.15) is 17.6 Å². The second kappa shape index (κ2) is 7.39. The first-order valence-corrected chi connectivity index (χ1v) is 8.54. The third-order valence-electron chi connectivity index (χ3n) is 3.32. The van der Waals surface area contributed by atoms with Crippen molar-refractivity contribution in [2.24, 2.45) is 7.05 Å². The van der Waals surface area contributed by atoms with Crippen LogP contribution in [0.15, 0.2) is 40.2 Å². The number of nitrogens with zero attached hydrogens (tertiary/aromatic N) is 3. The maximum atomic E-state index is 12.3. The van der Waals surface area contributed by atoms with Gasteiger partial charge in [-0.15, -0.1) is 10.2 Å². The lowest BCUT2D eigenvalue weighted by molar-refractivity contribution is -0.113. The Balaban J connectivity index is 1.81. The minimum Gasteiger partial charge on any atom is -0.460 e. The van der Waals surface area contributed by atoms with Gasteiger partial charge >= 0.3 is 5.97 Å². The number of esters is 1. The van der Waals surface area contributed by atoms with Crippen molar-refractivity contribution in [3.63, 3.8) is 0 Å². The molecule has 0 unspecified atom stereocenters. The molecule has 0 atom stereocenters. The zero-order chi connectivity index (χ0) is 17.8. The van der Waals surface area contributed by atoms with Gasteiger partial charge in [-0.05, 0) is 19.1 Å². The van der Waals surface area contributed by atoms with Crippen LogP contribution in [-0.4, -0.2) is 39.0 Å². The number of carbonyl (C=O) groups is 2. The molecule has 0 radical (unpaired) electrons. The highest BCUT2D eigenvalue weighted by atomic mass is 32.2. The van der Waals surface area contributed by atoms with Gasteiger partial charge in [-0.3, -0.25) is 4.79 Å². The summed E-state index contributed by atoms with van der Waals surface area (Å²) in [6.45, 7) is 1.92. The highest BCUT2D eigenvalue weighted by Crippen LogP contribution is 2.31. The lowest BCUT2D eigenvalue weighted by Gasteiger charge is -2.06. The normalized spacial score (nSPS) is 10.8. The number of aromatic nitrogens is 3. The molecule has 0 aliphatic rings. The average Bonchev–Trinajstić information content (AvgIpc) is 3.17. The van der Waals surface area contributed by atoms with Gasteiger partial charge in [-0.25, -0.2) is 4.79 Å². The predicted octanol–water partition coefficient (Wildman–Crippen LogP) is 2.47. The highest BCUT2D eigenvalue weighted by Gasteiger charge is 2.23. The van der Waals surface area contributed by atoms with Crippen LogP contribution in [-0.2, 0) is 16.6 Å². The van der Waals surface area contributed by atoms with Gasteiger partial charge in [-0.1, -0.05) is 23.9 Å². The van der Waals surface area contributed by atoms with Crippen LogP contribution in [0, 0.1) is 0 Å². The molecule has 0 fully saturated rings. The summed E-state index contributed by atoms with van der Waals surface area (Å²) in [6.07, 6.45) is 1.56. The van der Waals surface area contributed by atoms with Crippen LogP contribution in [0.25, 0.3) is 11.0 Å². The Kier molecular flexibility index (Phi) is 5.03. The minimum atomic E-state index is -0.616. The molecule has 3 rings (SSSR count). The van der Waals surface area contributed by atoms with E-state index in [1.807, 2.05) is 0 Å². The van der Waals surface area contributed by atoms with Gasteiger partial charge in [0.15, 0.2) is 5.16 Å². The number of fused-ring (bicyclic) bond motifs is 1. The summed E-state index contributed by atoms with van der Waals surface area (Å²) >= 11 is 1.24. The smallest absolute Gasteiger partial charge is 0.376 e. The molecule has 0 aliphatic carbocycles. The Hall–Kier alpha value is -2.81. The zero-order valence-electron chi connectivity index (χ0n) is 13.7. The molecule has 1 aromatic carbocycles. The number of hydrogen-bond acceptors (Lipinski definition) is 7. The van der Waals surface area contributed by atoms with Gasteiger partial charge < -0.3 is 19.0 Å². The molecule has 0 bridgehead atoms. The molecule has 2 aromatic heterocycles. The monoisotopic (exact) mass is 360 g/mol. The van der Waals surface area contributed by atoms with Gasteiger partial charge in [0, 0.05) is 12.4 Å². The molecule has 25 heavy (non-hydrogen) atoms. The summed E-state index contributed by atoms with van der Waals surface area (Å²) in [7, 11) is 1.79. The van der Waals surface area contributed by atoms with Gasteiger partial charge in [0.25, 0.3) is 0 Å². The molecule has 0 saturated heterocycles. The Morgan fingerprint density at radius 3 is 2.88 bits per heavy atom. The molecule has 9 heteroatoms. The molecule has 1 N–H and O–H groups in total. The molecule has 0 spiro atoms. The Bertz CT molecular complexity index is 918. The fourth-order valence-electron chi connectivity index (χ4n) is 2.22. The topological polar surface area (TPSA) is 99.2 Å². The second-order valence-corrected chi connectivity index (χ2v) is 6.03. The van der Waals surface area contributed by atoms with Crippen molar-refractivity contribution in [2.75, 3.05) is 17.7 Å². The first kappa shape index (κ1) is 17.0. The van der Waals surface area contributed by atoms with Crippen molar-refractivity contribution in [3.8, 4) is 0 Å². The average molecular weight is 360 g/mol. The number of aryl methyl sites for hydroxylation is 1. The van der Waals surface area contributed by atoms with Crippen LogP contribution in [0.4, 0.5) is 5.69 Å². The van der Waals surface area contributed by atoms with E-state index in [9.17, 15) is 9.59 Å². The van der Waals surface area contributed by atoms with E-state index in [2.05, 4.69) is 15.5 Å². The lowest BCUT2D eigenvalue weighted by atomic mass is 10.2. The first-order valence-electron chi connectivity index (χ1n) is 7.55. The number of hydrogen-bond donors (Lipinski definition) is 1. The fourth-order valence-corrected chi connectivity index (χ4v) is 2.91. The quantitative estimate of drug-likeness (QED) is 0.532. The Morgan fingerprint density at radius 1 is 1.36 bits per heavy atom. The van der Waals surface area contributed by atoms with E-state index in [0.29, 0.717) is 21.8 Å². The molecule has 0 aliphatic heterocycles. The maximum Gasteiger partial charge on any atom is 0.376 e. The van der Waals surface area contributed by atoms with E-state index in [1.54, 1.807) is 49.1 Å². The van der Waals surface area contributed by atoms with Crippen molar-refractivity contribution in [3.05, 3.63) is 36.4 Å². The van der Waals surface area contributed by atoms with Gasteiger partial charge in [0.05, 0.1) is 12.4 Å². The summed E-state index contributed by atoms with van der Waals surface area (Å²) in [5.74, 6) is -0.797. The van der Waals surface area contributed by atoms with E-state index in [-0.39, 0.29) is 24.0 Å². The van der Waals surface area contributed by atoms with Crippen molar-refractivity contribution in [1.82, 2.24) is 14.8 Å². The van der Waals surface area contributed by atoms with Crippen molar-refractivity contribution in [1.29, 1.82) is 0 Å². The number of anilines is 1. The Morgan fingerprint density at radius 2 is 2.16 bits per heavy atom. The molecule has 130 valence electrons. The van der Waals surface area contributed by atoms with Crippen LogP contribution in [0.2, 0.25) is 0 Å². The molecule has 2 heterocycles. The summed E-state index contributed by atoms with van der Waals surface area (Å²) in [6, 6.07) is 7.09. The fraction of sp³-hybridized carbons (Fsp3) is 0.250. The largest absolute Gasteiger partial charge is 0.460 e. The van der Waals surface area contributed by atoms with Crippen LogP contribution < -0.4 is 5.32 Å². The van der Waals surface area contributed by atoms with Crippen LogP contribution >= 0.6 is 11.8 Å². The molecule has 1 amide bonds. The number of carbonyl (C=O) groups excluding carboxylic acids is 2. The number of rotatable bonds is 6. The third-order valence-corrected chi connectivity index (χ3v) is 4.36. The standard InChI is InChI=1S/C16H16N4O4S/c1-3-23-15(22)14-13(10-6-4-5-7-11(10)24-14)18-12(21)8-25-16-19-17-9-20(16)2/h4-7,9H,3,8H2,1-2H3,(H,18,21). The van der Waals surface area contributed by atoms with E-state index in [1.165, 1.54) is 11.8 Å². The van der Waals surface area contributed by atoms with Gasteiger partial charge in [0.2, 0.25) is 11.7 Å². The minimum absolute atomic E-state index is 0.0138. The lowest BCUT2D eigenvalue weighted by Crippen LogP contribution is -2.17. The van der Waals surface area contributed by atoms with Gasteiger partial charge in [-0.2, -0.15) is 0 Å². The summed E-state index contributed by atoms with van der Waals surface area (Å²) in [4.78, 5) is 24.4. The molecule has 0 saturated carbocycles. The highest BCUT2D eigenvalue weighted by molar-refractivity contribution is 7.99. The number of thioether (sulfide) groups is 1. The summed E-state index contributed by atoms with van der Waals surface area (Å²) in [5.41, 5.74) is 0.819. The number of para-hydroxylation sites is 1. The Labute approximate surface area is 147 Å². The molecule has 3 aromatic rings. The SMILES string of the molecule is CCOC(=O)c1oc2ccccc2c1NC(=O)CSc1nncn1C. The first-order chi connectivity index (χ1) is 12.1. The zero-order valence-corrected chi connectivity index (χ0v) is 14.5. The predicted molar refractivity (Wildman–Crippen MR) is 92.5 cm³/mol. The van der Waals surface area contributed by atoms with Crippen molar-refractivity contribution < 1.29 is 18.7 Å². The van der Waals surface area contributed by atoms with E-state index in [4.69, 9.17) is 9.15 Å². The number of amides is 1. The van der Waals surface area contributed by atoms with E-state index >= 15 is 0 Å². The molecular formula is C16H16N4O4S. The molecular weight excluding hydrogens is 344 g/mol. The number of benzene rings is 1. The van der Waals surface area contributed by atoms with Crippen LogP contribution in [0.3, 0.4) is 0 Å². The molecule has 8 nitrogen and oxygen atoms in total. The van der Waals surface area contributed by atoms with E-state index in [0.717, 1.165) is 0 Å². The number of ether oxygens (including phenoxy) is 1. The van der Waals surface area contributed by atoms with Crippen molar-refractivity contribution >= 4 is 40.3 Å². The van der Waals surface area contributed by atoms with Crippen LogP contribution in [0.1, 0.15) is 17.5 Å². The maximum absolute atomic E-state index is 12.3. The van der Waals surface area contributed by atoms with E-state index < -0.39 is 5.97 Å². The number of furan rings is 1. The number of nitrogens with one attached hydrogen (secondary N) is 1. The third kappa shape index (κ3) is 3.66. The van der Waals surface area contributed by atoms with Crippen molar-refractivity contribution in [2.45, 2.75) is 12.1 Å². The second-order valence-electron chi connectivity index (χ2n) is 5.08. The summed E-state index contributed by atoms with van der Waals surface area (Å²) in [5, 5.41) is 11.7. The summed E-state index contributed by atoms with van der Waals surface area (Å²) < 4.78 is 12.3.